The Morgan fingerprint density at radius 3 is 0.467 bits per heavy atom. The molecular formula is C27H59Si2Yb+2. The second kappa shape index (κ2) is 13.7. The molecule has 0 aromatic heterocycles. The molecule has 1 radical (unpaired) electrons. The number of hydrogen-bond acceptors (Lipinski definition) is 0. The van der Waals surface area contributed by atoms with Crippen molar-refractivity contribution in [3.05, 3.63) is 5.67 Å². The van der Waals surface area contributed by atoms with Gasteiger partial charge in [0.1, 0.15) is 0 Å². The summed E-state index contributed by atoms with van der Waals surface area (Å²) in [5, 5.41) is 0. The van der Waals surface area contributed by atoms with Gasteiger partial charge in [-0.2, -0.15) is 0 Å². The topological polar surface area (TPSA) is 0 Å². The molecule has 2 aliphatic carbocycles. The molecule has 2 fully saturated rings. The fourth-order valence-corrected chi connectivity index (χ4v) is 16.5. The zero-order valence-electron chi connectivity index (χ0n) is 23.6. The van der Waals surface area contributed by atoms with Gasteiger partial charge in [-0.25, -0.2) is 0 Å². The van der Waals surface area contributed by atoms with Crippen molar-refractivity contribution in [1.29, 1.82) is 0 Å². The van der Waals surface area contributed by atoms with Crippen LogP contribution >= 0.6 is 0 Å². The van der Waals surface area contributed by atoms with Gasteiger partial charge in [-0.05, 0) is 59.2 Å². The Hall–Kier alpha value is 1.95. The van der Waals surface area contributed by atoms with E-state index in [4.69, 9.17) is 0 Å². The van der Waals surface area contributed by atoms with E-state index in [-0.39, 0.29) is 46.9 Å². The molecule has 2 aliphatic rings. The van der Waals surface area contributed by atoms with Crippen LogP contribution < -0.4 is 0 Å². The van der Waals surface area contributed by atoms with Crippen molar-refractivity contribution in [3.8, 4) is 0 Å². The van der Waals surface area contributed by atoms with Crippen LogP contribution in [0.1, 0.15) is 69.2 Å². The molecule has 187 valence electrons. The van der Waals surface area contributed by atoms with E-state index in [1.165, 1.54) is 0 Å². The first-order valence-corrected chi connectivity index (χ1v) is 19.8. The van der Waals surface area contributed by atoms with E-state index in [0.717, 1.165) is 59.2 Å². The molecule has 0 atom stereocenters. The molecule has 3 heteroatoms. The van der Waals surface area contributed by atoms with Crippen molar-refractivity contribution >= 4 is 16.1 Å². The summed E-state index contributed by atoms with van der Waals surface area (Å²) in [5.74, 6) is 9.35. The van der Waals surface area contributed by atoms with Gasteiger partial charge in [0.2, 0.25) is 0 Å². The predicted molar refractivity (Wildman–Crippen MR) is 143 cm³/mol. The van der Waals surface area contributed by atoms with Gasteiger partial charge in [0, 0.05) is 0 Å². The molecule has 0 saturated heterocycles. The summed E-state index contributed by atoms with van der Waals surface area (Å²) in [6.45, 7) is 38.4. The summed E-state index contributed by atoms with van der Waals surface area (Å²) in [6, 6.07) is 0. The molecule has 2 saturated carbocycles. The molecule has 0 aromatic rings. The van der Waals surface area contributed by atoms with Crippen molar-refractivity contribution in [2.24, 2.45) is 59.2 Å². The first-order chi connectivity index (χ1) is 12.8. The van der Waals surface area contributed by atoms with Gasteiger partial charge < -0.3 is 5.67 Å². The molecule has 0 amide bonds. The van der Waals surface area contributed by atoms with Crippen LogP contribution in [0.25, 0.3) is 0 Å². The monoisotopic (exact) mass is 613 g/mol. The Morgan fingerprint density at radius 2 is 0.433 bits per heavy atom. The van der Waals surface area contributed by atoms with E-state index in [1.54, 1.807) is 0 Å². The standard InChI is InChI=1S/2C10H20.C7H19Si2.Yb/c2*1-6-7(2)9(4)10(5)8(6)3;1-8(2,3)7-9(4,5)6;/h2*6-10H,1-5H3;7H,1-6H3;/q;;-1;+3. The van der Waals surface area contributed by atoms with Gasteiger partial charge in [0.05, 0.1) is 0 Å². The van der Waals surface area contributed by atoms with E-state index in [1.807, 2.05) is 0 Å². The molecule has 0 unspecified atom stereocenters. The minimum atomic E-state index is -0.856. The Bertz CT molecular complexity index is 333. The fraction of sp³-hybridized carbons (Fsp3) is 0.963. The van der Waals surface area contributed by atoms with Crippen LogP contribution in [0.3, 0.4) is 0 Å². The van der Waals surface area contributed by atoms with Crippen molar-refractivity contribution in [2.75, 3.05) is 0 Å². The van der Waals surface area contributed by atoms with Crippen molar-refractivity contribution in [3.63, 3.8) is 0 Å². The third kappa shape index (κ3) is 10.9. The van der Waals surface area contributed by atoms with Crippen LogP contribution in [0.4, 0.5) is 0 Å². The first-order valence-electron chi connectivity index (χ1n) is 12.7. The molecule has 0 heterocycles. The van der Waals surface area contributed by atoms with Crippen LogP contribution in [0.15, 0.2) is 0 Å². The van der Waals surface area contributed by atoms with Crippen molar-refractivity contribution in [2.45, 2.75) is 109 Å². The maximum atomic E-state index is 2.65. The summed E-state index contributed by atoms with van der Waals surface area (Å²) in [6.07, 6.45) is 0. The zero-order valence-corrected chi connectivity index (χ0v) is 27.3. The Morgan fingerprint density at radius 1 is 0.333 bits per heavy atom. The quantitative estimate of drug-likeness (QED) is 0.215. The second-order valence-electron chi connectivity index (χ2n) is 13.5. The van der Waals surface area contributed by atoms with E-state index in [2.05, 4.69) is 114 Å². The molecule has 0 nitrogen and oxygen atoms in total. The van der Waals surface area contributed by atoms with Gasteiger partial charge in [0.15, 0.2) is 0 Å². The van der Waals surface area contributed by atoms with Gasteiger partial charge in [-0.15, -0.1) is 16.1 Å². The summed E-state index contributed by atoms with van der Waals surface area (Å²) in [7, 11) is -1.71. The maximum Gasteiger partial charge on any atom is 3.00 e. The van der Waals surface area contributed by atoms with E-state index in [0.29, 0.717) is 0 Å². The van der Waals surface area contributed by atoms with Gasteiger partial charge in [-0.1, -0.05) is 109 Å². The smallest absolute Gasteiger partial charge is 0.327 e. The number of rotatable bonds is 2. The summed E-state index contributed by atoms with van der Waals surface area (Å²) in [4.78, 5) is 0. The average Bonchev–Trinajstić information content (AvgIpc) is 2.83. The predicted octanol–water partition coefficient (Wildman–Crippen LogP) is 9.31. The molecule has 0 spiro atoms. The van der Waals surface area contributed by atoms with Crippen LogP contribution in [-0.4, -0.2) is 16.1 Å². The SMILES string of the molecule is CC1C(C)C(C)C(C)C1C.CC1C(C)C(C)C(C)C1C.C[Si](C)(C)[CH-][Si](C)(C)C.[Yb+3]. The van der Waals surface area contributed by atoms with Crippen LogP contribution in [-0.2, 0) is 0 Å². The molecule has 0 N–H and O–H groups in total. The Balaban J connectivity index is 0. The third-order valence-electron chi connectivity index (χ3n) is 9.16. The summed E-state index contributed by atoms with van der Waals surface area (Å²) < 4.78 is 0. The molecule has 2 rings (SSSR count). The minimum absolute atomic E-state index is 0. The third-order valence-corrected chi connectivity index (χ3v) is 16.1. The van der Waals surface area contributed by atoms with E-state index < -0.39 is 16.1 Å². The Labute approximate surface area is 234 Å². The molecule has 0 bridgehead atoms. The molecule has 0 aliphatic heterocycles. The van der Waals surface area contributed by atoms with Gasteiger partial charge >= 0.3 is 46.9 Å². The summed E-state index contributed by atoms with van der Waals surface area (Å²) >= 11 is 0. The minimum Gasteiger partial charge on any atom is -0.327 e. The average molecular weight is 613 g/mol. The molecule has 30 heavy (non-hydrogen) atoms. The van der Waals surface area contributed by atoms with Crippen LogP contribution in [0.2, 0.25) is 39.3 Å². The van der Waals surface area contributed by atoms with E-state index in [9.17, 15) is 0 Å². The molecular weight excluding hydrogens is 554 g/mol. The van der Waals surface area contributed by atoms with Crippen molar-refractivity contribution in [1.82, 2.24) is 0 Å². The van der Waals surface area contributed by atoms with Crippen LogP contribution in [0.5, 0.6) is 0 Å². The Kier molecular flexibility index (Phi) is 15.6. The zero-order chi connectivity index (χ0) is 23.5. The second-order valence-corrected chi connectivity index (χ2v) is 24.1. The normalized spacial score (nSPS) is 41.2. The molecule has 0 aromatic carbocycles. The van der Waals surface area contributed by atoms with Gasteiger partial charge in [-0.3, -0.25) is 0 Å². The maximum absolute atomic E-state index is 2.65. The van der Waals surface area contributed by atoms with E-state index >= 15 is 0 Å². The largest absolute Gasteiger partial charge is 3.00 e. The fourth-order valence-electron chi connectivity index (χ4n) is 6.09. The summed E-state index contributed by atoms with van der Waals surface area (Å²) in [5.41, 5.74) is 2.65. The first kappa shape index (κ1) is 34.1. The van der Waals surface area contributed by atoms with Gasteiger partial charge in [0.25, 0.3) is 0 Å². The number of hydrogen-bond donors (Lipinski definition) is 0. The van der Waals surface area contributed by atoms with Crippen molar-refractivity contribution < 1.29 is 46.9 Å². The van der Waals surface area contributed by atoms with Crippen LogP contribution in [0, 0.1) is 112 Å².